The summed E-state index contributed by atoms with van der Waals surface area (Å²) in [6, 6.07) is 7.85. The number of ether oxygens (including phenoxy) is 2. The van der Waals surface area contributed by atoms with Crippen molar-refractivity contribution in [1.29, 1.82) is 0 Å². The van der Waals surface area contributed by atoms with Gasteiger partial charge in [-0.3, -0.25) is 9.59 Å². The van der Waals surface area contributed by atoms with E-state index in [0.717, 1.165) is 41.8 Å². The first-order chi connectivity index (χ1) is 16.2. The van der Waals surface area contributed by atoms with Crippen LogP contribution in [0.3, 0.4) is 0 Å². The third-order valence-electron chi connectivity index (χ3n) is 8.09. The third kappa shape index (κ3) is 3.78. The maximum atomic E-state index is 13.5. The number of carbonyl (C=O) groups is 2. The van der Waals surface area contributed by atoms with E-state index in [0.29, 0.717) is 25.3 Å². The van der Waals surface area contributed by atoms with Gasteiger partial charge in [-0.25, -0.2) is 0 Å². The molecule has 2 saturated heterocycles. The van der Waals surface area contributed by atoms with Crippen molar-refractivity contribution in [2.45, 2.75) is 76.5 Å². The van der Waals surface area contributed by atoms with Gasteiger partial charge in [0.05, 0.1) is 30.4 Å². The molecule has 1 spiro atoms. The number of rotatable bonds is 5. The average Bonchev–Trinajstić information content (AvgIpc) is 3.36. The first kappa shape index (κ1) is 22.9. The molecule has 0 radical (unpaired) electrons. The summed E-state index contributed by atoms with van der Waals surface area (Å²) in [5.74, 6) is 0.577. The predicted molar refractivity (Wildman–Crippen MR) is 123 cm³/mol. The van der Waals surface area contributed by atoms with Crippen LogP contribution in [0.5, 0.6) is 5.75 Å². The van der Waals surface area contributed by atoms with Gasteiger partial charge < -0.3 is 24.0 Å². The second-order valence-corrected chi connectivity index (χ2v) is 10.2. The highest BCUT2D eigenvalue weighted by Gasteiger charge is 2.57. The Morgan fingerprint density at radius 3 is 2.79 bits per heavy atom. The molecule has 2 aromatic rings. The van der Waals surface area contributed by atoms with Gasteiger partial charge in [0, 0.05) is 30.0 Å². The molecule has 0 bridgehead atoms. The number of para-hydroxylation sites is 1. The minimum atomic E-state index is -0.844. The van der Waals surface area contributed by atoms with E-state index in [1.54, 1.807) is 0 Å². The summed E-state index contributed by atoms with van der Waals surface area (Å²) in [5, 5.41) is 13.4. The summed E-state index contributed by atoms with van der Waals surface area (Å²) in [5.41, 5.74) is 1.48. The highest BCUT2D eigenvalue weighted by molar-refractivity contribution is 5.80. The molecule has 4 heterocycles. The number of hydrogen-bond acceptors (Lipinski definition) is 6. The van der Waals surface area contributed by atoms with Gasteiger partial charge in [0.1, 0.15) is 17.1 Å². The molecule has 4 atom stereocenters. The number of amides is 1. The van der Waals surface area contributed by atoms with E-state index < -0.39 is 17.1 Å². The smallest absolute Gasteiger partial charge is 0.303 e. The molecule has 5 rings (SSSR count). The van der Waals surface area contributed by atoms with Crippen LogP contribution in [-0.4, -0.2) is 51.3 Å². The Morgan fingerprint density at radius 1 is 1.26 bits per heavy atom. The monoisotopic (exact) mass is 468 g/mol. The van der Waals surface area contributed by atoms with Crippen molar-refractivity contribution in [3.63, 3.8) is 0 Å². The summed E-state index contributed by atoms with van der Waals surface area (Å²) in [4.78, 5) is 26.9. The number of aromatic nitrogens is 1. The van der Waals surface area contributed by atoms with Crippen LogP contribution < -0.4 is 4.74 Å². The highest BCUT2D eigenvalue weighted by Crippen LogP contribution is 2.55. The first-order valence-electron chi connectivity index (χ1n) is 12.1. The van der Waals surface area contributed by atoms with E-state index >= 15 is 0 Å². The fourth-order valence-electron chi connectivity index (χ4n) is 6.20. The van der Waals surface area contributed by atoms with Gasteiger partial charge in [-0.15, -0.1) is 0 Å². The number of benzene rings is 1. The number of fused-ring (bicyclic) bond motifs is 3. The maximum Gasteiger partial charge on any atom is 0.303 e. The number of carboxylic acids is 1. The van der Waals surface area contributed by atoms with Gasteiger partial charge in [-0.05, 0) is 52.5 Å². The second-order valence-electron chi connectivity index (χ2n) is 10.2. The molecule has 2 fully saturated rings. The fraction of sp³-hybridized carbons (Fsp3) is 0.577. The van der Waals surface area contributed by atoms with Crippen LogP contribution >= 0.6 is 0 Å². The summed E-state index contributed by atoms with van der Waals surface area (Å²) in [7, 11) is 0. The number of carboxylic acid groups (broad SMARTS) is 1. The largest absolute Gasteiger partial charge is 0.487 e. The zero-order valence-electron chi connectivity index (χ0n) is 20.0. The topological polar surface area (TPSA) is 102 Å². The molecular formula is C26H32N2O6. The lowest BCUT2D eigenvalue weighted by Gasteiger charge is -2.54. The Hall–Kier alpha value is -2.87. The Labute approximate surface area is 199 Å². The number of hydrogen-bond donors (Lipinski definition) is 1. The van der Waals surface area contributed by atoms with E-state index in [1.165, 1.54) is 0 Å². The van der Waals surface area contributed by atoms with Gasteiger partial charge in [0.15, 0.2) is 0 Å². The highest BCUT2D eigenvalue weighted by atomic mass is 16.5. The number of aryl methyl sites for hydroxylation is 2. The summed E-state index contributed by atoms with van der Waals surface area (Å²) in [6.07, 6.45) is 2.96. The van der Waals surface area contributed by atoms with Crippen molar-refractivity contribution in [3.8, 4) is 5.75 Å². The molecule has 8 nitrogen and oxygen atoms in total. The average molecular weight is 469 g/mol. The van der Waals surface area contributed by atoms with Crippen molar-refractivity contribution in [3.05, 3.63) is 46.8 Å². The number of nitrogens with zero attached hydrogens (tertiary/aromatic N) is 2. The van der Waals surface area contributed by atoms with Gasteiger partial charge in [-0.1, -0.05) is 23.4 Å². The minimum Gasteiger partial charge on any atom is -0.487 e. The van der Waals surface area contributed by atoms with Crippen LogP contribution in [0.1, 0.15) is 67.7 Å². The standard InChI is InChI=1S/C26H32N2O6/c1-16-19(17(2)34-27-16)13-22(29)28-12-6-10-26(28)14-20-24(32-15-26)18-7-4-5-8-21(18)33-25(20,3)11-9-23(30)31/h4-5,7-8,20,24H,6,9-15H2,1-3H3,(H,30,31)/t20-,24+,25+,26+/m1/s1. The van der Waals surface area contributed by atoms with Crippen LogP contribution in [0.25, 0.3) is 0 Å². The van der Waals surface area contributed by atoms with Gasteiger partial charge in [0.25, 0.3) is 0 Å². The summed E-state index contributed by atoms with van der Waals surface area (Å²) >= 11 is 0. The lowest BCUT2D eigenvalue weighted by Crippen LogP contribution is -2.60. The third-order valence-corrected chi connectivity index (χ3v) is 8.09. The minimum absolute atomic E-state index is 0.0174. The number of aliphatic carboxylic acids is 1. The lowest BCUT2D eigenvalue weighted by atomic mass is 9.68. The van der Waals surface area contributed by atoms with Crippen molar-refractivity contribution >= 4 is 11.9 Å². The molecular weight excluding hydrogens is 436 g/mol. The predicted octanol–water partition coefficient (Wildman–Crippen LogP) is 3.99. The Morgan fingerprint density at radius 2 is 2.06 bits per heavy atom. The quantitative estimate of drug-likeness (QED) is 0.708. The van der Waals surface area contributed by atoms with Gasteiger partial charge in [-0.2, -0.15) is 0 Å². The Kier molecular flexibility index (Phi) is 5.67. The van der Waals surface area contributed by atoms with Crippen molar-refractivity contribution in [1.82, 2.24) is 10.1 Å². The molecule has 1 aromatic heterocycles. The van der Waals surface area contributed by atoms with E-state index in [9.17, 15) is 14.7 Å². The summed E-state index contributed by atoms with van der Waals surface area (Å²) in [6.45, 7) is 6.84. The van der Waals surface area contributed by atoms with E-state index in [2.05, 4.69) is 5.16 Å². The van der Waals surface area contributed by atoms with Crippen LogP contribution in [-0.2, 0) is 20.7 Å². The van der Waals surface area contributed by atoms with Crippen LogP contribution in [0.2, 0.25) is 0 Å². The SMILES string of the molecule is Cc1noc(C)c1CC(=O)N1CCC[C@]12CO[C@H]1c3ccccc3O[C@@](C)(CCC(=O)O)[C@@H]1C2. The molecule has 0 aliphatic carbocycles. The van der Waals surface area contributed by atoms with E-state index in [1.807, 2.05) is 49.9 Å². The van der Waals surface area contributed by atoms with Crippen LogP contribution in [0.15, 0.2) is 28.8 Å². The molecule has 0 unspecified atom stereocenters. The molecule has 1 aromatic carbocycles. The lowest BCUT2D eigenvalue weighted by molar-refractivity contribution is -0.179. The van der Waals surface area contributed by atoms with E-state index in [4.69, 9.17) is 14.0 Å². The molecule has 1 N–H and O–H groups in total. The first-order valence-corrected chi connectivity index (χ1v) is 12.1. The normalized spacial score (nSPS) is 30.0. The zero-order chi connectivity index (χ0) is 24.1. The van der Waals surface area contributed by atoms with E-state index in [-0.39, 0.29) is 30.8 Å². The molecule has 3 aliphatic heterocycles. The zero-order valence-corrected chi connectivity index (χ0v) is 20.0. The molecule has 8 heteroatoms. The molecule has 1 amide bonds. The summed E-state index contributed by atoms with van der Waals surface area (Å²) < 4.78 is 18.3. The maximum absolute atomic E-state index is 13.5. The second kappa shape index (κ2) is 8.41. The van der Waals surface area contributed by atoms with Crippen molar-refractivity contribution in [2.75, 3.05) is 13.2 Å². The van der Waals surface area contributed by atoms with Crippen LogP contribution in [0.4, 0.5) is 0 Å². The van der Waals surface area contributed by atoms with Gasteiger partial charge in [0.2, 0.25) is 5.91 Å². The number of carbonyl (C=O) groups excluding carboxylic acids is 1. The Bertz CT molecular complexity index is 1090. The number of likely N-dealkylation sites (tertiary alicyclic amines) is 1. The van der Waals surface area contributed by atoms with Crippen molar-refractivity contribution < 1.29 is 28.7 Å². The molecule has 3 aliphatic rings. The van der Waals surface area contributed by atoms with Crippen LogP contribution in [0, 0.1) is 19.8 Å². The Balaban J connectivity index is 1.45. The molecule has 0 saturated carbocycles. The van der Waals surface area contributed by atoms with Crippen molar-refractivity contribution in [2.24, 2.45) is 5.92 Å². The fourth-order valence-corrected chi connectivity index (χ4v) is 6.20. The molecule has 182 valence electrons. The molecule has 34 heavy (non-hydrogen) atoms. The van der Waals surface area contributed by atoms with Gasteiger partial charge >= 0.3 is 5.97 Å².